The lowest BCUT2D eigenvalue weighted by molar-refractivity contribution is -0.338. The van der Waals surface area contributed by atoms with Crippen LogP contribution in [0.2, 0.25) is 0 Å². The number of ether oxygens (including phenoxy) is 13. The first-order valence-electron chi connectivity index (χ1n) is 28.7. The average molecular weight is 1250 g/mol. The molecule has 3 saturated heterocycles. The van der Waals surface area contributed by atoms with Crippen LogP contribution in [0.4, 0.5) is 0 Å². The van der Waals surface area contributed by atoms with E-state index in [-0.39, 0.29) is 38.9 Å². The largest absolute Gasteiger partial charge is 0.459 e. The van der Waals surface area contributed by atoms with Crippen molar-refractivity contribution in [2.45, 2.75) is 92.9 Å². The zero-order valence-electron chi connectivity index (χ0n) is 48.4. The summed E-state index contributed by atoms with van der Waals surface area (Å²) in [7, 11) is 0. The lowest BCUT2D eigenvalue weighted by Gasteiger charge is -2.46. The minimum absolute atomic E-state index is 0.00297. The molecule has 14 atom stereocenters. The summed E-state index contributed by atoms with van der Waals surface area (Å²) in [6, 6.07) is 53.7. The quantitative estimate of drug-likeness (QED) is 0.0527. The summed E-state index contributed by atoms with van der Waals surface area (Å²) in [6.07, 6.45) is -25.9. The second-order valence-electron chi connectivity index (χ2n) is 20.7. The molecule has 0 unspecified atom stereocenters. The molecule has 3 aliphatic rings. The van der Waals surface area contributed by atoms with Crippen LogP contribution in [0.25, 0.3) is 0 Å². The smallest absolute Gasteiger partial charge is 0.338 e. The SMILES string of the molecule is CC(=O)O[C@@H]1[C@H](O[C@@H]2O[C@@H](COC(=O)c3ccccc3)[C@H](OC(=O)c3ccccc3)[C@H]2OC(=O)c2ccccc2)[C@@H](OC(=O)c2ccccc2)[C@@H](O)O[C@@H]1CO[C@@H]1O[C@H](CO)[C@H](OC(=O)c2ccccc2)[C@H](OC(=O)c2ccccc2)[C@H]1OC(=O)c1ccccc1. The van der Waals surface area contributed by atoms with Crippen molar-refractivity contribution in [2.24, 2.45) is 0 Å². The molecule has 7 aromatic rings. The Bertz CT molecular complexity index is 3590. The minimum atomic E-state index is -2.25. The number of carbonyl (C=O) groups is 8. The standard InChI is InChI=1S/C68H60O23/c1-40(70)81-52-49(39-80-67-58(90-65(77)47-35-21-8-22-36-47)55(87-62(74)44-29-15-5-16-30-44)51(48(37-69)83-67)85-60(72)42-25-11-3-12-26-42)82-66(78)56(88-63(75)45-31-17-6-18-32-45)54(52)91-68-57(89-64(76)46-33-19-7-20-34-46)53(86-61(73)43-27-13-4-14-28-43)50(84-68)38-79-59(71)41-23-9-2-10-24-41/h2-36,48-58,66-69,78H,37-39H2,1H3/t48-,49-,50+,51+,52+,53+,54+,55+,56-,57-,58-,66+,67-,68+/m1/s1. The normalized spacial score (nSPS) is 25.1. The number of carbonyl (C=O) groups excluding carboxylic acids is 8. The maximum Gasteiger partial charge on any atom is 0.338 e. The first-order valence-corrected chi connectivity index (χ1v) is 28.7. The van der Waals surface area contributed by atoms with Gasteiger partial charge in [-0.05, 0) is 84.9 Å². The fourth-order valence-corrected chi connectivity index (χ4v) is 10.2. The fraction of sp³-hybridized carbons (Fsp3) is 0.265. The van der Waals surface area contributed by atoms with Crippen molar-refractivity contribution in [3.05, 3.63) is 251 Å². The van der Waals surface area contributed by atoms with Gasteiger partial charge in [0.2, 0.25) is 0 Å². The van der Waals surface area contributed by atoms with Gasteiger partial charge in [-0.15, -0.1) is 0 Å². The topological polar surface area (TPSA) is 297 Å². The Balaban J connectivity index is 1.03. The first kappa shape index (κ1) is 64.0. The Morgan fingerprint density at radius 2 is 0.626 bits per heavy atom. The van der Waals surface area contributed by atoms with Crippen molar-refractivity contribution < 1.29 is 110 Å². The van der Waals surface area contributed by atoms with Crippen LogP contribution in [0.1, 0.15) is 79.4 Å². The van der Waals surface area contributed by atoms with Crippen LogP contribution in [0, 0.1) is 0 Å². The molecule has 0 bridgehead atoms. The van der Waals surface area contributed by atoms with Crippen LogP contribution in [-0.4, -0.2) is 164 Å². The van der Waals surface area contributed by atoms with Gasteiger partial charge < -0.3 is 71.8 Å². The summed E-state index contributed by atoms with van der Waals surface area (Å²) in [6.45, 7) is -1.48. The van der Waals surface area contributed by atoms with E-state index in [0.29, 0.717) is 0 Å². The molecule has 0 amide bonds. The van der Waals surface area contributed by atoms with Crippen molar-refractivity contribution in [2.75, 3.05) is 19.8 Å². The summed E-state index contributed by atoms with van der Waals surface area (Å²) in [5.74, 6) is -7.80. The highest BCUT2D eigenvalue weighted by Gasteiger charge is 2.58. The van der Waals surface area contributed by atoms with Gasteiger partial charge >= 0.3 is 47.8 Å². The maximum atomic E-state index is 14.2. The molecule has 10 rings (SSSR count). The predicted molar refractivity (Wildman–Crippen MR) is 312 cm³/mol. The number of aliphatic hydroxyl groups excluding tert-OH is 2. The Labute approximate surface area is 520 Å². The molecular formula is C68H60O23. The van der Waals surface area contributed by atoms with Gasteiger partial charge in [-0.25, -0.2) is 33.6 Å². The summed E-state index contributed by atoms with van der Waals surface area (Å²) in [4.78, 5) is 112. The third-order valence-corrected chi connectivity index (χ3v) is 14.6. The molecular weight excluding hydrogens is 1180 g/mol. The van der Waals surface area contributed by atoms with E-state index in [0.717, 1.165) is 6.92 Å². The third kappa shape index (κ3) is 16.1. The monoisotopic (exact) mass is 1240 g/mol. The molecule has 7 aromatic carbocycles. The Morgan fingerprint density at radius 1 is 0.330 bits per heavy atom. The molecule has 0 radical (unpaired) electrons. The molecule has 23 heteroatoms. The molecule has 0 aromatic heterocycles. The molecule has 3 heterocycles. The molecule has 91 heavy (non-hydrogen) atoms. The second-order valence-corrected chi connectivity index (χ2v) is 20.7. The highest BCUT2D eigenvalue weighted by Crippen LogP contribution is 2.38. The molecule has 23 nitrogen and oxygen atoms in total. The van der Waals surface area contributed by atoms with Crippen LogP contribution in [0.15, 0.2) is 212 Å². The number of rotatable bonds is 22. The van der Waals surface area contributed by atoms with E-state index in [1.165, 1.54) is 97.1 Å². The summed E-state index contributed by atoms with van der Waals surface area (Å²) >= 11 is 0. The lowest BCUT2D eigenvalue weighted by Crippen LogP contribution is -2.65. The van der Waals surface area contributed by atoms with Gasteiger partial charge in [-0.3, -0.25) is 4.79 Å². The van der Waals surface area contributed by atoms with Crippen LogP contribution in [0.5, 0.6) is 0 Å². The Kier molecular flexibility index (Phi) is 21.4. The van der Waals surface area contributed by atoms with E-state index in [9.17, 15) is 48.6 Å². The number of benzene rings is 7. The Morgan fingerprint density at radius 3 is 1.00 bits per heavy atom. The molecule has 3 aliphatic heterocycles. The van der Waals surface area contributed by atoms with E-state index in [2.05, 4.69) is 0 Å². The van der Waals surface area contributed by atoms with Crippen molar-refractivity contribution in [1.29, 1.82) is 0 Å². The van der Waals surface area contributed by atoms with E-state index in [4.69, 9.17) is 61.6 Å². The molecule has 0 spiro atoms. The number of hydrogen-bond acceptors (Lipinski definition) is 23. The zero-order valence-corrected chi connectivity index (χ0v) is 48.4. The fourth-order valence-electron chi connectivity index (χ4n) is 10.2. The highest BCUT2D eigenvalue weighted by atomic mass is 16.8. The van der Waals surface area contributed by atoms with Gasteiger partial charge in [0, 0.05) is 6.92 Å². The number of hydrogen-bond donors (Lipinski definition) is 2. The molecule has 470 valence electrons. The van der Waals surface area contributed by atoms with Gasteiger partial charge in [0.25, 0.3) is 0 Å². The van der Waals surface area contributed by atoms with Crippen LogP contribution in [0.3, 0.4) is 0 Å². The van der Waals surface area contributed by atoms with E-state index in [1.54, 1.807) is 115 Å². The molecule has 3 fully saturated rings. The van der Waals surface area contributed by atoms with Crippen LogP contribution >= 0.6 is 0 Å². The third-order valence-electron chi connectivity index (χ3n) is 14.6. The highest BCUT2D eigenvalue weighted by molar-refractivity contribution is 5.93. The van der Waals surface area contributed by atoms with Gasteiger partial charge in [-0.1, -0.05) is 127 Å². The average Bonchev–Trinajstić information content (AvgIpc) is 1.82. The second kappa shape index (κ2) is 30.5. The van der Waals surface area contributed by atoms with Crippen LogP contribution in [-0.2, 0) is 66.4 Å². The zero-order chi connectivity index (χ0) is 63.8. The van der Waals surface area contributed by atoms with Crippen molar-refractivity contribution in [1.82, 2.24) is 0 Å². The van der Waals surface area contributed by atoms with E-state index >= 15 is 0 Å². The van der Waals surface area contributed by atoms with Crippen molar-refractivity contribution >= 4 is 47.8 Å². The van der Waals surface area contributed by atoms with E-state index in [1.807, 2.05) is 0 Å². The molecule has 2 N–H and O–H groups in total. The summed E-state index contributed by atoms with van der Waals surface area (Å²) < 4.78 is 80.1. The summed E-state index contributed by atoms with van der Waals surface area (Å²) in [5.41, 5.74) is 0.228. The Hall–Kier alpha value is -9.98. The van der Waals surface area contributed by atoms with Gasteiger partial charge in [0.1, 0.15) is 31.0 Å². The van der Waals surface area contributed by atoms with Crippen LogP contribution < -0.4 is 0 Å². The minimum Gasteiger partial charge on any atom is -0.459 e. The molecule has 0 aliphatic carbocycles. The number of aliphatic hydroxyl groups is 2. The number of esters is 8. The predicted octanol–water partition coefficient (Wildman–Crippen LogP) is 6.69. The van der Waals surface area contributed by atoms with Crippen molar-refractivity contribution in [3.8, 4) is 0 Å². The lowest BCUT2D eigenvalue weighted by atomic mass is 9.96. The van der Waals surface area contributed by atoms with Gasteiger partial charge in [-0.2, -0.15) is 0 Å². The van der Waals surface area contributed by atoms with Gasteiger partial charge in [0.05, 0.1) is 52.2 Å². The first-order chi connectivity index (χ1) is 44.2. The van der Waals surface area contributed by atoms with Crippen molar-refractivity contribution in [3.63, 3.8) is 0 Å². The van der Waals surface area contributed by atoms with E-state index < -0.39 is 154 Å². The molecule has 0 saturated carbocycles. The summed E-state index contributed by atoms with van der Waals surface area (Å²) in [5, 5.41) is 23.2. The maximum absolute atomic E-state index is 14.2. The van der Waals surface area contributed by atoms with Gasteiger partial charge in [0.15, 0.2) is 61.6 Å².